The highest BCUT2D eigenvalue weighted by Crippen LogP contribution is 2.48. The molecule has 2 rings (SSSR count). The molecule has 0 saturated carbocycles. The molecule has 0 aromatic heterocycles. The van der Waals surface area contributed by atoms with E-state index in [4.69, 9.17) is 9.47 Å². The Hall–Kier alpha value is -2.03. The second kappa shape index (κ2) is 5.99. The molecule has 0 amide bonds. The first-order chi connectivity index (χ1) is 10.3. The number of esters is 1. The fraction of sp³-hybridized carbons (Fsp3) is 0.421. The van der Waals surface area contributed by atoms with Crippen molar-refractivity contribution in [2.45, 2.75) is 33.6 Å². The van der Waals surface area contributed by atoms with Crippen LogP contribution in [-0.4, -0.2) is 13.1 Å². The third kappa shape index (κ3) is 2.80. The van der Waals surface area contributed by atoms with Gasteiger partial charge in [-0.25, -0.2) is 0 Å². The quantitative estimate of drug-likeness (QED) is 0.477. The van der Waals surface area contributed by atoms with E-state index in [-0.39, 0.29) is 11.4 Å². The van der Waals surface area contributed by atoms with Gasteiger partial charge in [0.25, 0.3) is 0 Å². The molecule has 0 N–H and O–H groups in total. The van der Waals surface area contributed by atoms with Gasteiger partial charge in [-0.2, -0.15) is 0 Å². The summed E-state index contributed by atoms with van der Waals surface area (Å²) in [5.41, 5.74) is 3.16. The van der Waals surface area contributed by atoms with Crippen molar-refractivity contribution in [3.8, 4) is 11.5 Å². The van der Waals surface area contributed by atoms with Gasteiger partial charge in [0.05, 0.1) is 7.11 Å². The van der Waals surface area contributed by atoms with Gasteiger partial charge in [-0.3, -0.25) is 4.79 Å². The topological polar surface area (TPSA) is 35.5 Å². The van der Waals surface area contributed by atoms with Gasteiger partial charge in [0, 0.05) is 18.1 Å². The predicted octanol–water partition coefficient (Wildman–Crippen LogP) is 4.10. The Balaban J connectivity index is 2.60. The molecule has 118 valence electrons. The van der Waals surface area contributed by atoms with Crippen molar-refractivity contribution in [1.82, 2.24) is 0 Å². The van der Waals surface area contributed by atoms with E-state index in [2.05, 4.69) is 27.0 Å². The predicted molar refractivity (Wildman–Crippen MR) is 88.3 cm³/mol. The van der Waals surface area contributed by atoms with Crippen LogP contribution in [0.3, 0.4) is 0 Å². The van der Waals surface area contributed by atoms with E-state index in [1.807, 2.05) is 18.2 Å². The number of hydrogen-bond donors (Lipinski definition) is 0. The molecule has 22 heavy (non-hydrogen) atoms. The van der Waals surface area contributed by atoms with E-state index < -0.39 is 0 Å². The number of carbonyl (C=O) groups excluding carboxylic acids is 1. The van der Waals surface area contributed by atoms with Crippen molar-refractivity contribution in [3.63, 3.8) is 0 Å². The highest BCUT2D eigenvalue weighted by atomic mass is 16.5. The summed E-state index contributed by atoms with van der Waals surface area (Å²) in [5, 5.41) is 0. The molecule has 1 aliphatic rings. The lowest BCUT2D eigenvalue weighted by Gasteiger charge is -2.41. The second-order valence-electron chi connectivity index (χ2n) is 6.31. The summed E-state index contributed by atoms with van der Waals surface area (Å²) in [5.74, 6) is 1.44. The molecule has 0 spiro atoms. The minimum Gasteiger partial charge on any atom is -0.496 e. The maximum absolute atomic E-state index is 11.4. The summed E-state index contributed by atoms with van der Waals surface area (Å²) < 4.78 is 10.9. The van der Waals surface area contributed by atoms with E-state index in [1.54, 1.807) is 7.11 Å². The van der Waals surface area contributed by atoms with Gasteiger partial charge in [0.15, 0.2) is 0 Å². The lowest BCUT2D eigenvalue weighted by atomic mass is 9.63. The Kier molecular flexibility index (Phi) is 4.45. The van der Waals surface area contributed by atoms with Gasteiger partial charge in [-0.1, -0.05) is 25.2 Å². The minimum atomic E-state index is -0.310. The van der Waals surface area contributed by atoms with E-state index in [0.717, 1.165) is 35.3 Å². The Morgan fingerprint density at radius 3 is 2.45 bits per heavy atom. The van der Waals surface area contributed by atoms with Crippen molar-refractivity contribution in [2.24, 2.45) is 11.3 Å². The summed E-state index contributed by atoms with van der Waals surface area (Å²) in [6.07, 6.45) is 3.56. The molecule has 2 atom stereocenters. The highest BCUT2D eigenvalue weighted by Gasteiger charge is 2.39. The third-order valence-corrected chi connectivity index (χ3v) is 4.64. The van der Waals surface area contributed by atoms with E-state index in [0.29, 0.717) is 11.7 Å². The molecule has 0 fully saturated rings. The number of ether oxygens (including phenoxy) is 2. The molecule has 0 bridgehead atoms. The largest absolute Gasteiger partial charge is 0.496 e. The Morgan fingerprint density at radius 1 is 1.32 bits per heavy atom. The molecule has 0 saturated heterocycles. The molecule has 0 aliphatic heterocycles. The Morgan fingerprint density at radius 2 is 1.95 bits per heavy atom. The molecule has 2 unspecified atom stereocenters. The summed E-state index contributed by atoms with van der Waals surface area (Å²) >= 11 is 0. The van der Waals surface area contributed by atoms with Gasteiger partial charge in [0.1, 0.15) is 11.5 Å². The zero-order chi connectivity index (χ0) is 16.5. The van der Waals surface area contributed by atoms with E-state index in [9.17, 15) is 4.79 Å². The van der Waals surface area contributed by atoms with Crippen LogP contribution in [0.5, 0.6) is 11.5 Å². The summed E-state index contributed by atoms with van der Waals surface area (Å²) in [4.78, 5) is 11.4. The van der Waals surface area contributed by atoms with Crippen LogP contribution in [-0.2, 0) is 17.6 Å². The SMILES string of the molecule is C=CC1(C)Cc2c(OC(C)=O)ccc(OC)c2CC1C(=C)C. The third-order valence-electron chi connectivity index (χ3n) is 4.64. The van der Waals surface area contributed by atoms with Crippen molar-refractivity contribution in [2.75, 3.05) is 7.11 Å². The molecular formula is C19H24O3. The van der Waals surface area contributed by atoms with E-state index in [1.165, 1.54) is 6.92 Å². The number of hydrogen-bond acceptors (Lipinski definition) is 3. The fourth-order valence-corrected chi connectivity index (χ4v) is 3.40. The van der Waals surface area contributed by atoms with Crippen LogP contribution in [0.1, 0.15) is 31.9 Å². The molecule has 3 heteroatoms. The van der Waals surface area contributed by atoms with Crippen molar-refractivity contribution in [3.05, 3.63) is 48.1 Å². The molecule has 1 aromatic rings. The summed E-state index contributed by atoms with van der Waals surface area (Å²) in [6, 6.07) is 3.67. The van der Waals surface area contributed by atoms with Crippen LogP contribution in [0, 0.1) is 11.3 Å². The van der Waals surface area contributed by atoms with Gasteiger partial charge in [0.2, 0.25) is 0 Å². The standard InChI is InChI=1S/C19H24O3/c1-7-19(5)11-15-14(10-16(19)12(2)3)17(21-6)8-9-18(15)22-13(4)20/h7-9,16H,1-2,10-11H2,3-6H3. The zero-order valence-corrected chi connectivity index (χ0v) is 13.9. The first-order valence-electron chi connectivity index (χ1n) is 7.48. The van der Waals surface area contributed by atoms with Crippen molar-refractivity contribution >= 4 is 5.97 Å². The highest BCUT2D eigenvalue weighted by molar-refractivity contribution is 5.70. The number of carbonyl (C=O) groups is 1. The number of benzene rings is 1. The van der Waals surface area contributed by atoms with Gasteiger partial charge < -0.3 is 9.47 Å². The molecular weight excluding hydrogens is 276 g/mol. The summed E-state index contributed by atoms with van der Waals surface area (Å²) in [6.45, 7) is 13.8. The van der Waals surface area contributed by atoms with Gasteiger partial charge in [-0.05, 0) is 43.2 Å². The molecule has 0 heterocycles. The average Bonchev–Trinajstić information content (AvgIpc) is 2.46. The Bertz CT molecular complexity index is 630. The normalized spacial score (nSPS) is 23.4. The summed E-state index contributed by atoms with van der Waals surface area (Å²) in [7, 11) is 1.66. The van der Waals surface area contributed by atoms with Crippen LogP contribution in [0.15, 0.2) is 36.9 Å². The number of methoxy groups -OCH3 is 1. The smallest absolute Gasteiger partial charge is 0.308 e. The lowest BCUT2D eigenvalue weighted by Crippen LogP contribution is -2.35. The fourth-order valence-electron chi connectivity index (χ4n) is 3.40. The van der Waals surface area contributed by atoms with Crippen LogP contribution >= 0.6 is 0 Å². The first-order valence-corrected chi connectivity index (χ1v) is 7.48. The maximum Gasteiger partial charge on any atom is 0.308 e. The van der Waals surface area contributed by atoms with Crippen LogP contribution in [0.25, 0.3) is 0 Å². The second-order valence-corrected chi connectivity index (χ2v) is 6.31. The molecule has 0 radical (unpaired) electrons. The zero-order valence-electron chi connectivity index (χ0n) is 13.9. The Labute approximate surface area is 132 Å². The van der Waals surface area contributed by atoms with E-state index >= 15 is 0 Å². The maximum atomic E-state index is 11.4. The monoisotopic (exact) mass is 300 g/mol. The average molecular weight is 300 g/mol. The number of rotatable bonds is 4. The molecule has 3 nitrogen and oxygen atoms in total. The van der Waals surface area contributed by atoms with Crippen molar-refractivity contribution in [1.29, 1.82) is 0 Å². The first kappa shape index (κ1) is 16.3. The number of fused-ring (bicyclic) bond motifs is 1. The number of allylic oxidation sites excluding steroid dienone is 2. The van der Waals surface area contributed by atoms with Crippen LogP contribution in [0.2, 0.25) is 0 Å². The van der Waals surface area contributed by atoms with Crippen molar-refractivity contribution < 1.29 is 14.3 Å². The van der Waals surface area contributed by atoms with Crippen LogP contribution < -0.4 is 9.47 Å². The lowest BCUT2D eigenvalue weighted by molar-refractivity contribution is -0.131. The minimum absolute atomic E-state index is 0.111. The molecule has 1 aliphatic carbocycles. The van der Waals surface area contributed by atoms with Crippen LogP contribution in [0.4, 0.5) is 0 Å². The van der Waals surface area contributed by atoms with Gasteiger partial charge in [-0.15, -0.1) is 6.58 Å². The molecule has 1 aromatic carbocycles. The van der Waals surface area contributed by atoms with Gasteiger partial charge >= 0.3 is 5.97 Å².